The van der Waals surface area contributed by atoms with Gasteiger partial charge in [0.15, 0.2) is 0 Å². The van der Waals surface area contributed by atoms with Gasteiger partial charge in [0.2, 0.25) is 0 Å². The smallest absolute Gasteiger partial charge is 0.119 e. The first-order valence-electron chi connectivity index (χ1n) is 8.79. The maximum absolute atomic E-state index is 8.26. The molecule has 0 N–H and O–H groups in total. The molecule has 0 aromatic heterocycles. The summed E-state index contributed by atoms with van der Waals surface area (Å²) < 4.78 is 5.80. The lowest BCUT2D eigenvalue weighted by Crippen LogP contribution is -2.38. The fraction of sp³-hybridized carbons (Fsp3) is 0.667. The Morgan fingerprint density at radius 3 is 2.87 bits per heavy atom. The first kappa shape index (κ1) is 16.2. The van der Waals surface area contributed by atoms with Crippen molar-refractivity contribution in [3.63, 3.8) is 0 Å². The highest BCUT2D eigenvalue weighted by Gasteiger charge is 2.35. The highest BCUT2D eigenvalue weighted by atomic mass is 16.5. The van der Waals surface area contributed by atoms with Gasteiger partial charge in [0.1, 0.15) is 5.75 Å². The summed E-state index contributed by atoms with van der Waals surface area (Å²) in [6, 6.07) is 6.51. The fourth-order valence-electron chi connectivity index (χ4n) is 3.81. The van der Waals surface area contributed by atoms with E-state index in [1.165, 1.54) is 50.0 Å². The molecule has 5 heteroatoms. The summed E-state index contributed by atoms with van der Waals surface area (Å²) in [6.07, 6.45) is 4.85. The van der Waals surface area contributed by atoms with Gasteiger partial charge in [0, 0.05) is 23.9 Å². The monoisotopic (exact) mass is 314 g/mol. The first-order chi connectivity index (χ1) is 11.3. The average molecular weight is 314 g/mol. The van der Waals surface area contributed by atoms with Gasteiger partial charge >= 0.3 is 0 Å². The summed E-state index contributed by atoms with van der Waals surface area (Å²) in [5.41, 5.74) is 11.2. The molecule has 1 aliphatic carbocycles. The molecule has 1 saturated heterocycles. The van der Waals surface area contributed by atoms with Gasteiger partial charge in [0.25, 0.3) is 0 Å². The summed E-state index contributed by atoms with van der Waals surface area (Å²) in [5.74, 6) is 2.25. The molecule has 0 bridgehead atoms. The van der Waals surface area contributed by atoms with Crippen LogP contribution in [0.3, 0.4) is 0 Å². The molecule has 5 nitrogen and oxygen atoms in total. The molecule has 0 radical (unpaired) electrons. The van der Waals surface area contributed by atoms with E-state index in [2.05, 4.69) is 40.0 Å². The Bertz CT molecular complexity index is 576. The molecule has 2 aliphatic rings. The SMILES string of the molecule is CC1c2ccc(OCCCN=[N+]=[N-])cc2C1CN1CCCCC1. The van der Waals surface area contributed by atoms with E-state index in [0.717, 1.165) is 12.2 Å². The van der Waals surface area contributed by atoms with Crippen LogP contribution in [0.25, 0.3) is 10.4 Å². The van der Waals surface area contributed by atoms with Crippen molar-refractivity contribution in [1.29, 1.82) is 0 Å². The Hall–Kier alpha value is -1.71. The molecule has 0 saturated carbocycles. The van der Waals surface area contributed by atoms with Crippen LogP contribution in [0.5, 0.6) is 5.75 Å². The molecule has 2 unspecified atom stereocenters. The van der Waals surface area contributed by atoms with E-state index in [1.54, 1.807) is 0 Å². The molecule has 3 rings (SSSR count). The average Bonchev–Trinajstić information content (AvgIpc) is 2.60. The summed E-state index contributed by atoms with van der Waals surface area (Å²) in [7, 11) is 0. The Kier molecular flexibility index (Phi) is 5.42. The molecular weight excluding hydrogens is 288 g/mol. The van der Waals surface area contributed by atoms with Crippen molar-refractivity contribution in [1.82, 2.24) is 4.90 Å². The van der Waals surface area contributed by atoms with Crippen molar-refractivity contribution in [3.8, 4) is 5.75 Å². The maximum Gasteiger partial charge on any atom is 0.119 e. The Morgan fingerprint density at radius 1 is 1.26 bits per heavy atom. The molecule has 2 atom stereocenters. The Labute approximate surface area is 138 Å². The third kappa shape index (κ3) is 3.80. The number of likely N-dealkylation sites (tertiary alicyclic amines) is 1. The number of ether oxygens (including phenoxy) is 1. The van der Waals surface area contributed by atoms with Crippen LogP contribution in [0.1, 0.15) is 55.6 Å². The third-order valence-electron chi connectivity index (χ3n) is 5.19. The second kappa shape index (κ2) is 7.71. The van der Waals surface area contributed by atoms with Gasteiger partial charge in [-0.3, -0.25) is 0 Å². The molecular formula is C18H26N4O. The predicted octanol–water partition coefficient (Wildman–Crippen LogP) is 4.45. The van der Waals surface area contributed by atoms with Crippen molar-refractivity contribution in [2.75, 3.05) is 32.8 Å². The zero-order valence-electron chi connectivity index (χ0n) is 13.9. The molecule has 1 aromatic rings. The number of hydrogen-bond donors (Lipinski definition) is 0. The summed E-state index contributed by atoms with van der Waals surface area (Å²) >= 11 is 0. The van der Waals surface area contributed by atoms with Crippen LogP contribution in [-0.2, 0) is 0 Å². The summed E-state index contributed by atoms with van der Waals surface area (Å²) in [6.45, 7) is 7.15. The van der Waals surface area contributed by atoms with E-state index in [9.17, 15) is 0 Å². The van der Waals surface area contributed by atoms with E-state index in [-0.39, 0.29) is 0 Å². The van der Waals surface area contributed by atoms with Gasteiger partial charge in [-0.2, -0.15) is 0 Å². The zero-order valence-corrected chi connectivity index (χ0v) is 13.9. The van der Waals surface area contributed by atoms with E-state index < -0.39 is 0 Å². The number of nitrogens with zero attached hydrogens (tertiary/aromatic N) is 4. The number of hydrogen-bond acceptors (Lipinski definition) is 3. The van der Waals surface area contributed by atoms with Gasteiger partial charge in [-0.1, -0.05) is 24.5 Å². The van der Waals surface area contributed by atoms with E-state index in [0.29, 0.717) is 25.0 Å². The predicted molar refractivity (Wildman–Crippen MR) is 92.0 cm³/mol. The van der Waals surface area contributed by atoms with Gasteiger partial charge in [0.05, 0.1) is 6.61 Å². The van der Waals surface area contributed by atoms with Crippen molar-refractivity contribution in [3.05, 3.63) is 39.8 Å². The molecule has 23 heavy (non-hydrogen) atoms. The van der Waals surface area contributed by atoms with Crippen LogP contribution in [-0.4, -0.2) is 37.7 Å². The van der Waals surface area contributed by atoms with Crippen LogP contribution in [0.2, 0.25) is 0 Å². The van der Waals surface area contributed by atoms with Crippen LogP contribution in [0.4, 0.5) is 0 Å². The van der Waals surface area contributed by atoms with Gasteiger partial charge in [-0.25, -0.2) is 0 Å². The number of fused-ring (bicyclic) bond motifs is 1. The fourth-order valence-corrected chi connectivity index (χ4v) is 3.81. The molecule has 0 amide bonds. The van der Waals surface area contributed by atoms with Crippen molar-refractivity contribution < 1.29 is 4.74 Å². The lowest BCUT2D eigenvalue weighted by atomic mass is 9.68. The second-order valence-electron chi connectivity index (χ2n) is 6.70. The number of piperidine rings is 1. The van der Waals surface area contributed by atoms with Crippen molar-refractivity contribution in [2.24, 2.45) is 5.11 Å². The third-order valence-corrected chi connectivity index (χ3v) is 5.19. The number of azide groups is 1. The molecule has 1 aliphatic heterocycles. The van der Waals surface area contributed by atoms with Crippen LogP contribution in [0.15, 0.2) is 23.3 Å². The highest BCUT2D eigenvalue weighted by Crippen LogP contribution is 2.48. The molecule has 1 aromatic carbocycles. The lowest BCUT2D eigenvalue weighted by Gasteiger charge is -2.41. The first-order valence-corrected chi connectivity index (χ1v) is 8.79. The maximum atomic E-state index is 8.26. The molecule has 1 fully saturated rings. The topological polar surface area (TPSA) is 61.2 Å². The van der Waals surface area contributed by atoms with Gasteiger partial charge in [-0.15, -0.1) is 0 Å². The highest BCUT2D eigenvalue weighted by molar-refractivity contribution is 5.48. The van der Waals surface area contributed by atoms with E-state index in [4.69, 9.17) is 10.3 Å². The van der Waals surface area contributed by atoms with E-state index >= 15 is 0 Å². The summed E-state index contributed by atoms with van der Waals surface area (Å²) in [4.78, 5) is 5.38. The minimum absolute atomic E-state index is 0.496. The van der Waals surface area contributed by atoms with Gasteiger partial charge in [-0.05, 0) is 67.1 Å². The van der Waals surface area contributed by atoms with Crippen LogP contribution < -0.4 is 4.74 Å². The molecule has 0 spiro atoms. The standard InChI is InChI=1S/C18H26N4O/c1-14-16-7-6-15(23-11-5-8-20-21-19)12-17(16)18(14)13-22-9-3-2-4-10-22/h6-7,12,14,18H,2-5,8-11,13H2,1H3. The second-order valence-corrected chi connectivity index (χ2v) is 6.70. The largest absolute Gasteiger partial charge is 0.494 e. The number of rotatable bonds is 7. The minimum Gasteiger partial charge on any atom is -0.494 e. The minimum atomic E-state index is 0.496. The Balaban J connectivity index is 1.56. The number of benzene rings is 1. The van der Waals surface area contributed by atoms with Crippen molar-refractivity contribution in [2.45, 2.75) is 44.4 Å². The van der Waals surface area contributed by atoms with E-state index in [1.807, 2.05) is 0 Å². The Morgan fingerprint density at radius 2 is 2.09 bits per heavy atom. The van der Waals surface area contributed by atoms with Crippen LogP contribution >= 0.6 is 0 Å². The zero-order chi connectivity index (χ0) is 16.1. The normalized spacial score (nSPS) is 23.5. The quantitative estimate of drug-likeness (QED) is 0.323. The molecule has 124 valence electrons. The van der Waals surface area contributed by atoms with Gasteiger partial charge < -0.3 is 9.64 Å². The summed E-state index contributed by atoms with van der Waals surface area (Å²) in [5, 5.41) is 3.53. The lowest BCUT2D eigenvalue weighted by molar-refractivity contribution is 0.200. The van der Waals surface area contributed by atoms with Crippen molar-refractivity contribution >= 4 is 0 Å². The molecule has 1 heterocycles. The van der Waals surface area contributed by atoms with Crippen LogP contribution in [0, 0.1) is 0 Å².